The predicted molar refractivity (Wildman–Crippen MR) is 116 cm³/mol. The molecule has 166 valence electrons. The lowest BCUT2D eigenvalue weighted by molar-refractivity contribution is -0.140. The van der Waals surface area contributed by atoms with Crippen LogP contribution in [-0.2, 0) is 14.3 Å². The Labute approximate surface area is 183 Å². The first-order valence-electron chi connectivity index (χ1n) is 11.9. The lowest BCUT2D eigenvalue weighted by Gasteiger charge is -2.55. The average Bonchev–Trinajstić information content (AvgIpc) is 3.24. The zero-order chi connectivity index (χ0) is 21.4. The summed E-state index contributed by atoms with van der Waals surface area (Å²) < 4.78 is 5.15. The molecule has 4 bridgehead atoms. The van der Waals surface area contributed by atoms with E-state index in [2.05, 4.69) is 10.6 Å². The maximum absolute atomic E-state index is 13.2. The molecule has 6 nitrogen and oxygen atoms in total. The van der Waals surface area contributed by atoms with E-state index in [9.17, 15) is 14.4 Å². The highest BCUT2D eigenvalue weighted by Crippen LogP contribution is 2.60. The number of hydrogen-bond donors (Lipinski definition) is 2. The van der Waals surface area contributed by atoms with Crippen molar-refractivity contribution in [2.45, 2.75) is 70.3 Å². The number of rotatable bonds is 6. The van der Waals surface area contributed by atoms with Gasteiger partial charge in [0.05, 0.1) is 11.0 Å². The van der Waals surface area contributed by atoms with Crippen LogP contribution in [0.5, 0.6) is 0 Å². The first-order valence-corrected chi connectivity index (χ1v) is 11.9. The Bertz CT molecular complexity index is 821. The van der Waals surface area contributed by atoms with Crippen LogP contribution in [0, 0.1) is 23.2 Å². The standard InChI is InChI=1S/C25H32N2O4/c28-22(26-20-3-1-2-4-20)15-31-23(29)19-5-7-21(8-6-19)27-24(30)25-12-16-9-17(13-25)11-18(10-16)14-25/h5-8,16-18,20H,1-4,9-15H2,(H,26,28)(H,27,30). The third kappa shape index (κ3) is 4.35. The maximum Gasteiger partial charge on any atom is 0.338 e. The molecule has 2 amide bonds. The molecule has 0 aliphatic heterocycles. The molecule has 0 heterocycles. The highest BCUT2D eigenvalue weighted by molar-refractivity contribution is 5.96. The molecule has 5 aliphatic rings. The van der Waals surface area contributed by atoms with Crippen LogP contribution in [0.4, 0.5) is 5.69 Å². The Kier molecular flexibility index (Phi) is 5.49. The van der Waals surface area contributed by atoms with Gasteiger partial charge in [-0.15, -0.1) is 0 Å². The number of carbonyl (C=O) groups excluding carboxylic acids is 3. The summed E-state index contributed by atoms with van der Waals surface area (Å²) in [5.74, 6) is 1.53. The summed E-state index contributed by atoms with van der Waals surface area (Å²) >= 11 is 0. The molecule has 0 atom stereocenters. The molecule has 5 fully saturated rings. The fraction of sp³-hybridized carbons (Fsp3) is 0.640. The lowest BCUT2D eigenvalue weighted by Crippen LogP contribution is -2.51. The van der Waals surface area contributed by atoms with E-state index in [-0.39, 0.29) is 29.9 Å². The summed E-state index contributed by atoms with van der Waals surface area (Å²) in [6.45, 7) is -0.264. The van der Waals surface area contributed by atoms with Gasteiger partial charge in [-0.25, -0.2) is 4.79 Å². The Balaban J connectivity index is 1.13. The van der Waals surface area contributed by atoms with Crippen molar-refractivity contribution < 1.29 is 19.1 Å². The Morgan fingerprint density at radius 2 is 1.48 bits per heavy atom. The van der Waals surface area contributed by atoms with Crippen molar-refractivity contribution in [1.82, 2.24) is 5.32 Å². The third-order valence-electron chi connectivity index (χ3n) is 7.95. The molecule has 5 saturated carbocycles. The van der Waals surface area contributed by atoms with Crippen molar-refractivity contribution in [3.63, 3.8) is 0 Å². The molecule has 0 spiro atoms. The van der Waals surface area contributed by atoms with Gasteiger partial charge in [0.1, 0.15) is 0 Å². The molecule has 5 aliphatic carbocycles. The maximum atomic E-state index is 13.2. The second-order valence-electron chi connectivity index (χ2n) is 10.4. The van der Waals surface area contributed by atoms with Crippen LogP contribution in [0.25, 0.3) is 0 Å². The summed E-state index contributed by atoms with van der Waals surface area (Å²) in [4.78, 5) is 37.4. The van der Waals surface area contributed by atoms with E-state index in [0.717, 1.165) is 62.7 Å². The monoisotopic (exact) mass is 424 g/mol. The van der Waals surface area contributed by atoms with Crippen LogP contribution in [-0.4, -0.2) is 30.4 Å². The molecule has 1 aromatic carbocycles. The van der Waals surface area contributed by atoms with Crippen molar-refractivity contribution in [2.24, 2.45) is 23.2 Å². The Hall–Kier alpha value is -2.37. The Morgan fingerprint density at radius 3 is 2.06 bits per heavy atom. The molecule has 6 heteroatoms. The van der Waals surface area contributed by atoms with Gasteiger partial charge in [-0.1, -0.05) is 12.8 Å². The molecule has 0 saturated heterocycles. The van der Waals surface area contributed by atoms with Gasteiger partial charge < -0.3 is 15.4 Å². The molecular weight excluding hydrogens is 392 g/mol. The summed E-state index contributed by atoms with van der Waals surface area (Å²) in [7, 11) is 0. The quantitative estimate of drug-likeness (QED) is 0.675. The predicted octanol–water partition coefficient (Wildman–Crippen LogP) is 4.06. The van der Waals surface area contributed by atoms with Crippen molar-refractivity contribution in [3.8, 4) is 0 Å². The topological polar surface area (TPSA) is 84.5 Å². The van der Waals surface area contributed by atoms with Crippen molar-refractivity contribution in [3.05, 3.63) is 29.8 Å². The van der Waals surface area contributed by atoms with Gasteiger partial charge in [0.2, 0.25) is 5.91 Å². The second kappa shape index (κ2) is 8.29. The average molecular weight is 425 g/mol. The van der Waals surface area contributed by atoms with Gasteiger partial charge in [-0.3, -0.25) is 9.59 Å². The number of esters is 1. The van der Waals surface area contributed by atoms with Gasteiger partial charge in [-0.05, 0) is 93.4 Å². The van der Waals surface area contributed by atoms with Gasteiger partial charge in [-0.2, -0.15) is 0 Å². The molecule has 2 N–H and O–H groups in total. The third-order valence-corrected chi connectivity index (χ3v) is 7.95. The molecular formula is C25H32N2O4. The van der Waals surface area contributed by atoms with Crippen molar-refractivity contribution in [2.75, 3.05) is 11.9 Å². The first kappa shape index (κ1) is 20.5. The summed E-state index contributed by atoms with van der Waals surface area (Å²) in [5.41, 5.74) is 0.886. The minimum Gasteiger partial charge on any atom is -0.452 e. The van der Waals surface area contributed by atoms with Gasteiger partial charge in [0.25, 0.3) is 5.91 Å². The zero-order valence-corrected chi connectivity index (χ0v) is 18.0. The van der Waals surface area contributed by atoms with Gasteiger partial charge in [0.15, 0.2) is 6.61 Å². The minimum absolute atomic E-state index is 0.144. The second-order valence-corrected chi connectivity index (χ2v) is 10.4. The molecule has 0 unspecified atom stereocenters. The highest BCUT2D eigenvalue weighted by atomic mass is 16.5. The normalized spacial score (nSPS) is 31.4. The summed E-state index contributed by atoms with van der Waals surface area (Å²) in [5, 5.41) is 6.01. The Morgan fingerprint density at radius 1 is 0.903 bits per heavy atom. The van der Waals surface area contributed by atoms with Crippen LogP contribution in [0.2, 0.25) is 0 Å². The molecule has 1 aromatic rings. The minimum atomic E-state index is -0.527. The van der Waals surface area contributed by atoms with Crippen molar-refractivity contribution in [1.29, 1.82) is 0 Å². The number of ether oxygens (including phenoxy) is 1. The first-order chi connectivity index (χ1) is 15.0. The number of benzene rings is 1. The van der Waals surface area contributed by atoms with E-state index >= 15 is 0 Å². The number of nitrogens with one attached hydrogen (secondary N) is 2. The SMILES string of the molecule is O=C(COC(=O)c1ccc(NC(=O)C23CC4CC(CC(C4)C2)C3)cc1)NC1CCCC1. The van der Waals surface area contributed by atoms with Crippen LogP contribution >= 0.6 is 0 Å². The summed E-state index contributed by atoms with van der Waals surface area (Å²) in [6, 6.07) is 6.99. The van der Waals surface area contributed by atoms with Crippen molar-refractivity contribution >= 4 is 23.5 Å². The largest absolute Gasteiger partial charge is 0.452 e. The molecule has 6 rings (SSSR count). The lowest BCUT2D eigenvalue weighted by atomic mass is 9.49. The van der Waals surface area contributed by atoms with E-state index in [1.54, 1.807) is 24.3 Å². The van der Waals surface area contributed by atoms with E-state index < -0.39 is 5.97 Å². The van der Waals surface area contributed by atoms with Gasteiger partial charge >= 0.3 is 5.97 Å². The van der Waals surface area contributed by atoms with E-state index in [4.69, 9.17) is 4.74 Å². The van der Waals surface area contributed by atoms with Crippen LogP contribution in [0.3, 0.4) is 0 Å². The number of anilines is 1. The molecule has 31 heavy (non-hydrogen) atoms. The van der Waals surface area contributed by atoms with E-state index in [1.807, 2.05) is 0 Å². The fourth-order valence-electron chi connectivity index (χ4n) is 6.90. The fourth-order valence-corrected chi connectivity index (χ4v) is 6.90. The molecule has 0 aromatic heterocycles. The number of carbonyl (C=O) groups is 3. The smallest absolute Gasteiger partial charge is 0.338 e. The van der Waals surface area contributed by atoms with Gasteiger partial charge in [0, 0.05) is 11.7 Å². The van der Waals surface area contributed by atoms with E-state index in [1.165, 1.54) is 19.3 Å². The number of amides is 2. The van der Waals surface area contributed by atoms with E-state index in [0.29, 0.717) is 11.3 Å². The summed E-state index contributed by atoms with van der Waals surface area (Å²) in [6.07, 6.45) is 11.3. The highest BCUT2D eigenvalue weighted by Gasteiger charge is 2.54. The van der Waals surface area contributed by atoms with Crippen LogP contribution in [0.15, 0.2) is 24.3 Å². The van der Waals surface area contributed by atoms with Crippen LogP contribution < -0.4 is 10.6 Å². The van der Waals surface area contributed by atoms with Crippen LogP contribution in [0.1, 0.15) is 74.6 Å². The number of hydrogen-bond acceptors (Lipinski definition) is 4. The molecule has 0 radical (unpaired) electrons. The zero-order valence-electron chi connectivity index (χ0n) is 18.0.